The van der Waals surface area contributed by atoms with E-state index in [0.29, 0.717) is 12.1 Å². The largest absolute Gasteiger partial charge is 0.330 e. The number of hydrogen-bond donors (Lipinski definition) is 1. The third kappa shape index (κ3) is 2.57. The molecule has 0 fully saturated rings. The zero-order valence-electron chi connectivity index (χ0n) is 6.66. The Morgan fingerprint density at radius 2 is 2.00 bits per heavy atom. The van der Waals surface area contributed by atoms with Crippen LogP contribution in [0.25, 0.3) is 0 Å². The molecule has 0 saturated carbocycles. The molecule has 0 amide bonds. The molecule has 0 heterocycles. The molecule has 1 aromatic carbocycles. The van der Waals surface area contributed by atoms with Gasteiger partial charge in [-0.05, 0) is 24.3 Å². The molecule has 0 radical (unpaired) electrons. The van der Waals surface area contributed by atoms with E-state index in [2.05, 4.69) is 6.07 Å². The molecule has 0 saturated heterocycles. The van der Waals surface area contributed by atoms with Crippen molar-refractivity contribution in [2.75, 3.05) is 12.3 Å². The third-order valence-electron chi connectivity index (χ3n) is 1.37. The van der Waals surface area contributed by atoms with E-state index in [9.17, 15) is 0 Å². The highest BCUT2D eigenvalue weighted by Gasteiger charge is 1.92. The van der Waals surface area contributed by atoms with Gasteiger partial charge < -0.3 is 5.73 Å². The molecule has 0 bridgehead atoms. The van der Waals surface area contributed by atoms with Crippen molar-refractivity contribution >= 4 is 11.8 Å². The number of nitriles is 1. The van der Waals surface area contributed by atoms with Crippen LogP contribution in [-0.2, 0) is 0 Å². The van der Waals surface area contributed by atoms with Gasteiger partial charge in [0.2, 0.25) is 0 Å². The van der Waals surface area contributed by atoms with Gasteiger partial charge in [0.05, 0.1) is 11.6 Å². The van der Waals surface area contributed by atoms with Gasteiger partial charge in [0.15, 0.2) is 0 Å². The summed E-state index contributed by atoms with van der Waals surface area (Å²) in [6.07, 6.45) is 0. The lowest BCUT2D eigenvalue weighted by molar-refractivity contribution is 1.15. The molecule has 0 aliphatic heterocycles. The lowest BCUT2D eigenvalue weighted by atomic mass is 10.2. The van der Waals surface area contributed by atoms with Gasteiger partial charge in [-0.1, -0.05) is 0 Å². The predicted molar refractivity (Wildman–Crippen MR) is 50.9 cm³/mol. The molecule has 3 heteroatoms. The molecular weight excluding hydrogens is 168 g/mol. The van der Waals surface area contributed by atoms with E-state index in [0.717, 1.165) is 5.75 Å². The summed E-state index contributed by atoms with van der Waals surface area (Å²) >= 11 is 1.71. The second kappa shape index (κ2) is 4.81. The summed E-state index contributed by atoms with van der Waals surface area (Å²) in [5.74, 6) is 0.923. The van der Waals surface area contributed by atoms with Crippen molar-refractivity contribution in [3.05, 3.63) is 29.8 Å². The molecule has 0 unspecified atom stereocenters. The second-order valence-electron chi connectivity index (χ2n) is 2.27. The maximum atomic E-state index is 8.53. The van der Waals surface area contributed by atoms with Crippen LogP contribution < -0.4 is 5.73 Å². The van der Waals surface area contributed by atoms with Gasteiger partial charge in [-0.3, -0.25) is 0 Å². The van der Waals surface area contributed by atoms with E-state index in [1.165, 1.54) is 4.90 Å². The van der Waals surface area contributed by atoms with E-state index in [1.54, 1.807) is 11.8 Å². The zero-order valence-corrected chi connectivity index (χ0v) is 7.47. The lowest BCUT2D eigenvalue weighted by Crippen LogP contribution is -2.00. The summed E-state index contributed by atoms with van der Waals surface area (Å²) in [6, 6.07) is 9.60. The number of thioether (sulfide) groups is 1. The summed E-state index contributed by atoms with van der Waals surface area (Å²) in [5, 5.41) is 8.53. The quantitative estimate of drug-likeness (QED) is 0.715. The number of nitrogens with two attached hydrogens (primary N) is 1. The minimum atomic E-state index is 0.685. The monoisotopic (exact) mass is 178 g/mol. The first-order valence-electron chi connectivity index (χ1n) is 3.70. The van der Waals surface area contributed by atoms with E-state index in [1.807, 2.05) is 24.3 Å². The molecule has 62 valence electrons. The Morgan fingerprint density at radius 1 is 1.33 bits per heavy atom. The first kappa shape index (κ1) is 9.11. The van der Waals surface area contributed by atoms with Crippen molar-refractivity contribution in [2.45, 2.75) is 4.90 Å². The van der Waals surface area contributed by atoms with Gasteiger partial charge in [-0.15, -0.1) is 11.8 Å². The Hall–Kier alpha value is -0.980. The second-order valence-corrected chi connectivity index (χ2v) is 3.44. The Morgan fingerprint density at radius 3 is 2.50 bits per heavy atom. The smallest absolute Gasteiger partial charge is 0.0991 e. The average molecular weight is 178 g/mol. The summed E-state index contributed by atoms with van der Waals surface area (Å²) < 4.78 is 0. The van der Waals surface area contributed by atoms with Crippen molar-refractivity contribution < 1.29 is 0 Å². The first-order chi connectivity index (χ1) is 5.86. The minimum absolute atomic E-state index is 0.685. The van der Waals surface area contributed by atoms with Crippen molar-refractivity contribution in [3.8, 4) is 6.07 Å². The van der Waals surface area contributed by atoms with E-state index in [4.69, 9.17) is 11.0 Å². The topological polar surface area (TPSA) is 49.8 Å². The summed E-state index contributed by atoms with van der Waals surface area (Å²) in [5.41, 5.74) is 6.06. The van der Waals surface area contributed by atoms with Crippen molar-refractivity contribution in [1.29, 1.82) is 5.26 Å². The Labute approximate surface area is 76.4 Å². The van der Waals surface area contributed by atoms with E-state index in [-0.39, 0.29) is 0 Å². The van der Waals surface area contributed by atoms with Crippen LogP contribution in [0.15, 0.2) is 29.2 Å². The normalized spacial score (nSPS) is 9.33. The molecule has 0 aromatic heterocycles. The van der Waals surface area contributed by atoms with Gasteiger partial charge in [0, 0.05) is 17.2 Å². The predicted octanol–water partition coefficient (Wildman–Crippen LogP) is 1.61. The fourth-order valence-electron chi connectivity index (χ4n) is 0.802. The van der Waals surface area contributed by atoms with Crippen LogP contribution >= 0.6 is 11.8 Å². The van der Waals surface area contributed by atoms with Crippen molar-refractivity contribution in [3.63, 3.8) is 0 Å². The first-order valence-corrected chi connectivity index (χ1v) is 4.68. The Balaban J connectivity index is 2.60. The maximum absolute atomic E-state index is 8.53. The van der Waals surface area contributed by atoms with Gasteiger partial charge in [0.25, 0.3) is 0 Å². The summed E-state index contributed by atoms with van der Waals surface area (Å²) in [4.78, 5) is 1.17. The molecule has 2 N–H and O–H groups in total. The van der Waals surface area contributed by atoms with Gasteiger partial charge in [-0.2, -0.15) is 5.26 Å². The number of hydrogen-bond acceptors (Lipinski definition) is 3. The lowest BCUT2D eigenvalue weighted by Gasteiger charge is -1.97. The minimum Gasteiger partial charge on any atom is -0.330 e. The van der Waals surface area contributed by atoms with Gasteiger partial charge >= 0.3 is 0 Å². The molecule has 0 atom stereocenters. The molecule has 12 heavy (non-hydrogen) atoms. The van der Waals surface area contributed by atoms with E-state index < -0.39 is 0 Å². The van der Waals surface area contributed by atoms with Crippen LogP contribution in [0.2, 0.25) is 0 Å². The highest BCUT2D eigenvalue weighted by atomic mass is 32.2. The SMILES string of the molecule is N#Cc1ccc(SCCN)cc1. The van der Waals surface area contributed by atoms with Crippen LogP contribution in [-0.4, -0.2) is 12.3 Å². The number of rotatable bonds is 3. The van der Waals surface area contributed by atoms with Gasteiger partial charge in [-0.25, -0.2) is 0 Å². The van der Waals surface area contributed by atoms with Crippen LogP contribution in [0, 0.1) is 11.3 Å². The van der Waals surface area contributed by atoms with Crippen molar-refractivity contribution in [2.24, 2.45) is 5.73 Å². The van der Waals surface area contributed by atoms with Gasteiger partial charge in [0.1, 0.15) is 0 Å². The van der Waals surface area contributed by atoms with Crippen LogP contribution in [0.1, 0.15) is 5.56 Å². The molecule has 0 spiro atoms. The molecule has 1 aromatic rings. The van der Waals surface area contributed by atoms with E-state index >= 15 is 0 Å². The Bertz CT molecular complexity index is 274. The standard InChI is InChI=1S/C9H10N2S/c10-5-6-12-9-3-1-8(7-11)2-4-9/h1-4H,5-6,10H2. The fraction of sp³-hybridized carbons (Fsp3) is 0.222. The summed E-state index contributed by atoms with van der Waals surface area (Å²) in [7, 11) is 0. The Kier molecular flexibility index (Phi) is 3.65. The molecule has 1 rings (SSSR count). The number of benzene rings is 1. The highest BCUT2D eigenvalue weighted by molar-refractivity contribution is 7.99. The average Bonchev–Trinajstić information content (AvgIpc) is 2.15. The van der Waals surface area contributed by atoms with Crippen LogP contribution in [0.5, 0.6) is 0 Å². The van der Waals surface area contributed by atoms with Crippen LogP contribution in [0.4, 0.5) is 0 Å². The maximum Gasteiger partial charge on any atom is 0.0991 e. The zero-order chi connectivity index (χ0) is 8.81. The molecule has 2 nitrogen and oxygen atoms in total. The highest BCUT2D eigenvalue weighted by Crippen LogP contribution is 2.16. The molecular formula is C9H10N2S. The van der Waals surface area contributed by atoms with Crippen molar-refractivity contribution in [1.82, 2.24) is 0 Å². The van der Waals surface area contributed by atoms with Crippen LogP contribution in [0.3, 0.4) is 0 Å². The fourth-order valence-corrected chi connectivity index (χ4v) is 1.48. The molecule has 0 aliphatic carbocycles. The number of nitrogens with zero attached hydrogens (tertiary/aromatic N) is 1. The molecule has 0 aliphatic rings. The third-order valence-corrected chi connectivity index (χ3v) is 2.42. The summed E-state index contributed by atoms with van der Waals surface area (Å²) in [6.45, 7) is 0.685.